The van der Waals surface area contributed by atoms with E-state index in [0.29, 0.717) is 13.0 Å². The molecule has 0 aromatic heterocycles. The Kier molecular flexibility index (Phi) is 4.51. The van der Waals surface area contributed by atoms with E-state index in [4.69, 9.17) is 5.26 Å². The topological polar surface area (TPSA) is 48.6 Å². The lowest BCUT2D eigenvalue weighted by Gasteiger charge is -2.24. The molecule has 0 N–H and O–H groups in total. The van der Waals surface area contributed by atoms with Crippen molar-refractivity contribution in [1.29, 1.82) is 5.26 Å². The Balaban J connectivity index is 2.18. The minimum atomic E-state index is -0.900. The smallest absolute Gasteiger partial charge is 0.313 e. The van der Waals surface area contributed by atoms with Crippen molar-refractivity contribution in [3.8, 4) is 6.26 Å². The van der Waals surface area contributed by atoms with Gasteiger partial charge in [0.05, 0.1) is 0 Å². The molecular formula is C15H14FN3O. The van der Waals surface area contributed by atoms with Crippen LogP contribution in [0.4, 0.5) is 4.39 Å². The average molecular weight is 271 g/mol. The second kappa shape index (κ2) is 6.53. The molecule has 2 aliphatic heterocycles. The zero-order valence-corrected chi connectivity index (χ0v) is 11.1. The molecule has 0 saturated carbocycles. The molecule has 0 bridgehead atoms. The maximum atomic E-state index is 13.7. The first-order valence-electron chi connectivity index (χ1n) is 6.17. The van der Waals surface area contributed by atoms with Crippen molar-refractivity contribution >= 4 is 6.21 Å². The Morgan fingerprint density at radius 3 is 3.15 bits per heavy atom. The maximum absolute atomic E-state index is 13.7. The molecule has 102 valence electrons. The lowest BCUT2D eigenvalue weighted by atomic mass is 10.1. The SMILES string of the molecule is CC1=CC=C(CN2C=CC=C/C2=C(/F)OC#N)CC=N1. The van der Waals surface area contributed by atoms with Gasteiger partial charge < -0.3 is 9.64 Å². The van der Waals surface area contributed by atoms with E-state index in [0.717, 1.165) is 11.3 Å². The number of rotatable bonds is 3. The molecule has 0 amide bonds. The van der Waals surface area contributed by atoms with Crippen LogP contribution < -0.4 is 0 Å². The molecule has 2 heterocycles. The molecule has 2 aliphatic rings. The van der Waals surface area contributed by atoms with E-state index in [1.165, 1.54) is 6.26 Å². The zero-order valence-electron chi connectivity index (χ0n) is 11.1. The Hall–Kier alpha value is -2.61. The minimum Gasteiger partial charge on any atom is -0.355 e. The van der Waals surface area contributed by atoms with Gasteiger partial charge in [-0.2, -0.15) is 4.39 Å². The predicted octanol–water partition coefficient (Wildman–Crippen LogP) is 3.31. The van der Waals surface area contributed by atoms with Crippen LogP contribution in [0.2, 0.25) is 0 Å². The molecule has 0 aliphatic carbocycles. The molecular weight excluding hydrogens is 257 g/mol. The Morgan fingerprint density at radius 1 is 1.50 bits per heavy atom. The number of nitriles is 1. The van der Waals surface area contributed by atoms with Crippen LogP contribution in [0.1, 0.15) is 13.3 Å². The monoisotopic (exact) mass is 271 g/mol. The summed E-state index contributed by atoms with van der Waals surface area (Å²) >= 11 is 0. The zero-order chi connectivity index (χ0) is 14.4. The fourth-order valence-electron chi connectivity index (χ4n) is 1.88. The molecule has 0 aromatic rings. The van der Waals surface area contributed by atoms with Crippen LogP contribution >= 0.6 is 0 Å². The fraction of sp³-hybridized carbons (Fsp3) is 0.200. The molecule has 2 rings (SSSR count). The highest BCUT2D eigenvalue weighted by atomic mass is 19.1. The summed E-state index contributed by atoms with van der Waals surface area (Å²) in [4.78, 5) is 5.93. The van der Waals surface area contributed by atoms with Crippen LogP contribution in [0.5, 0.6) is 0 Å². The first kappa shape index (κ1) is 13.8. The molecule has 5 heteroatoms. The van der Waals surface area contributed by atoms with Gasteiger partial charge in [0.2, 0.25) is 0 Å². The van der Waals surface area contributed by atoms with Gasteiger partial charge in [-0.25, -0.2) is 0 Å². The second-order valence-corrected chi connectivity index (χ2v) is 4.33. The highest BCUT2D eigenvalue weighted by Crippen LogP contribution is 2.21. The van der Waals surface area contributed by atoms with Crippen LogP contribution in [0.15, 0.2) is 64.6 Å². The Morgan fingerprint density at radius 2 is 2.35 bits per heavy atom. The van der Waals surface area contributed by atoms with E-state index < -0.39 is 6.01 Å². The Labute approximate surface area is 117 Å². The van der Waals surface area contributed by atoms with Gasteiger partial charge in [-0.1, -0.05) is 12.2 Å². The van der Waals surface area contributed by atoms with Crippen molar-refractivity contribution in [2.45, 2.75) is 13.3 Å². The van der Waals surface area contributed by atoms with E-state index in [2.05, 4.69) is 9.73 Å². The largest absolute Gasteiger partial charge is 0.355 e. The highest BCUT2D eigenvalue weighted by Gasteiger charge is 2.16. The molecule has 4 nitrogen and oxygen atoms in total. The molecule has 20 heavy (non-hydrogen) atoms. The number of nitrogens with zero attached hydrogens (tertiary/aromatic N) is 3. The van der Waals surface area contributed by atoms with Gasteiger partial charge in [0.25, 0.3) is 6.26 Å². The molecule has 0 spiro atoms. The summed E-state index contributed by atoms with van der Waals surface area (Å²) in [6, 6.07) is -0.900. The third-order valence-corrected chi connectivity index (χ3v) is 2.86. The number of halogens is 1. The van der Waals surface area contributed by atoms with Crippen molar-refractivity contribution in [2.75, 3.05) is 6.54 Å². The van der Waals surface area contributed by atoms with E-state index in [-0.39, 0.29) is 5.70 Å². The van der Waals surface area contributed by atoms with Crippen molar-refractivity contribution < 1.29 is 9.13 Å². The highest BCUT2D eigenvalue weighted by molar-refractivity contribution is 5.64. The van der Waals surface area contributed by atoms with Gasteiger partial charge in [0, 0.05) is 31.1 Å². The third-order valence-electron chi connectivity index (χ3n) is 2.86. The summed E-state index contributed by atoms with van der Waals surface area (Å²) in [5, 5.41) is 8.40. The molecule has 0 radical (unpaired) electrons. The predicted molar refractivity (Wildman–Crippen MR) is 74.8 cm³/mol. The summed E-state index contributed by atoms with van der Waals surface area (Å²) in [6.07, 6.45) is 14.6. The van der Waals surface area contributed by atoms with E-state index in [9.17, 15) is 4.39 Å². The number of allylic oxidation sites excluding steroid dienone is 6. The van der Waals surface area contributed by atoms with E-state index in [1.807, 2.05) is 25.3 Å². The lowest BCUT2D eigenvalue weighted by Crippen LogP contribution is -2.21. The van der Waals surface area contributed by atoms with Crippen LogP contribution in [0.3, 0.4) is 0 Å². The van der Waals surface area contributed by atoms with Crippen molar-refractivity contribution in [1.82, 2.24) is 4.90 Å². The molecule has 0 aromatic carbocycles. The number of aliphatic imine (C=N–C) groups is 1. The first-order chi connectivity index (χ1) is 9.70. The van der Waals surface area contributed by atoms with Crippen molar-refractivity contribution in [2.24, 2.45) is 4.99 Å². The second-order valence-electron chi connectivity index (χ2n) is 4.33. The van der Waals surface area contributed by atoms with Crippen LogP contribution in [0, 0.1) is 11.5 Å². The third kappa shape index (κ3) is 3.45. The normalized spacial score (nSPS) is 19.9. The van der Waals surface area contributed by atoms with E-state index >= 15 is 0 Å². The van der Waals surface area contributed by atoms with Gasteiger partial charge in [0.15, 0.2) is 0 Å². The summed E-state index contributed by atoms with van der Waals surface area (Å²) in [6.45, 7) is 2.43. The summed E-state index contributed by atoms with van der Waals surface area (Å²) in [5.41, 5.74) is 2.26. The first-order valence-corrected chi connectivity index (χ1v) is 6.17. The molecule has 0 unspecified atom stereocenters. The number of hydrogen-bond acceptors (Lipinski definition) is 4. The molecule has 0 atom stereocenters. The van der Waals surface area contributed by atoms with Gasteiger partial charge in [-0.15, -0.1) is 5.26 Å². The standard InChI is InChI=1S/C15H14FN3O/c1-12-5-6-13(7-8-18-12)10-19-9-3-2-4-14(19)15(16)20-11-17/h2-6,8-9H,7,10H2,1H3/b15-14+. The van der Waals surface area contributed by atoms with Crippen LogP contribution in [0.25, 0.3) is 0 Å². The van der Waals surface area contributed by atoms with Crippen molar-refractivity contribution in [3.05, 3.63) is 59.6 Å². The summed E-state index contributed by atoms with van der Waals surface area (Å²) in [7, 11) is 0. The molecule has 0 fully saturated rings. The number of hydrogen-bond donors (Lipinski definition) is 0. The summed E-state index contributed by atoms with van der Waals surface area (Å²) < 4.78 is 18.0. The van der Waals surface area contributed by atoms with Crippen molar-refractivity contribution in [3.63, 3.8) is 0 Å². The van der Waals surface area contributed by atoms with Gasteiger partial charge in [-0.05, 0) is 30.7 Å². The number of ether oxygens (including phenoxy) is 1. The quantitative estimate of drug-likeness (QED) is 0.584. The summed E-state index contributed by atoms with van der Waals surface area (Å²) in [5.74, 6) is 0. The lowest BCUT2D eigenvalue weighted by molar-refractivity contribution is 0.244. The van der Waals surface area contributed by atoms with Gasteiger partial charge >= 0.3 is 6.01 Å². The average Bonchev–Trinajstić information content (AvgIpc) is 2.65. The minimum absolute atomic E-state index is 0.233. The molecule has 0 saturated heterocycles. The fourth-order valence-corrected chi connectivity index (χ4v) is 1.88. The van der Waals surface area contributed by atoms with Gasteiger partial charge in [0.1, 0.15) is 5.70 Å². The van der Waals surface area contributed by atoms with Crippen LogP contribution in [-0.4, -0.2) is 17.7 Å². The van der Waals surface area contributed by atoms with Gasteiger partial charge in [-0.3, -0.25) is 4.99 Å². The maximum Gasteiger partial charge on any atom is 0.313 e. The Bertz CT molecular complexity index is 603. The van der Waals surface area contributed by atoms with E-state index in [1.54, 1.807) is 29.3 Å². The van der Waals surface area contributed by atoms with Crippen LogP contribution in [-0.2, 0) is 4.74 Å².